The SMILES string of the molecule is CCCCCCC(O)CC(O)OC(C)=O. The Morgan fingerprint density at radius 1 is 1.27 bits per heavy atom. The van der Waals surface area contributed by atoms with Gasteiger partial charge in [0.2, 0.25) is 6.29 Å². The summed E-state index contributed by atoms with van der Waals surface area (Å²) in [6, 6.07) is 0. The summed E-state index contributed by atoms with van der Waals surface area (Å²) in [4.78, 5) is 10.5. The zero-order valence-electron chi connectivity index (χ0n) is 9.61. The molecule has 15 heavy (non-hydrogen) atoms. The van der Waals surface area contributed by atoms with Gasteiger partial charge in [-0.1, -0.05) is 32.6 Å². The first kappa shape index (κ1) is 14.4. The molecule has 0 heterocycles. The van der Waals surface area contributed by atoms with Crippen molar-refractivity contribution >= 4 is 5.97 Å². The molecule has 0 aliphatic carbocycles. The second-order valence-corrected chi connectivity index (χ2v) is 3.80. The molecule has 4 heteroatoms. The van der Waals surface area contributed by atoms with Gasteiger partial charge in [0.05, 0.1) is 6.10 Å². The topological polar surface area (TPSA) is 66.8 Å². The van der Waals surface area contributed by atoms with Crippen LogP contribution in [0.1, 0.15) is 52.4 Å². The number of hydrogen-bond acceptors (Lipinski definition) is 4. The minimum Gasteiger partial charge on any atom is -0.436 e. The maximum atomic E-state index is 10.5. The number of unbranched alkanes of at least 4 members (excludes halogenated alkanes) is 3. The van der Waals surface area contributed by atoms with E-state index in [1.54, 1.807) is 0 Å². The summed E-state index contributed by atoms with van der Waals surface area (Å²) < 4.78 is 4.50. The molecule has 0 amide bonds. The lowest BCUT2D eigenvalue weighted by molar-refractivity contribution is -0.169. The van der Waals surface area contributed by atoms with E-state index < -0.39 is 18.4 Å². The van der Waals surface area contributed by atoms with Crippen molar-refractivity contribution in [2.24, 2.45) is 0 Å². The largest absolute Gasteiger partial charge is 0.436 e. The molecule has 0 saturated heterocycles. The van der Waals surface area contributed by atoms with Crippen molar-refractivity contribution in [3.8, 4) is 0 Å². The van der Waals surface area contributed by atoms with Gasteiger partial charge in [-0.05, 0) is 6.42 Å². The second kappa shape index (κ2) is 8.68. The van der Waals surface area contributed by atoms with E-state index in [-0.39, 0.29) is 6.42 Å². The van der Waals surface area contributed by atoms with Crippen LogP contribution in [0.4, 0.5) is 0 Å². The summed E-state index contributed by atoms with van der Waals surface area (Å²) >= 11 is 0. The smallest absolute Gasteiger partial charge is 0.304 e. The van der Waals surface area contributed by atoms with Crippen LogP contribution in [0.15, 0.2) is 0 Å². The number of rotatable bonds is 8. The van der Waals surface area contributed by atoms with Crippen molar-refractivity contribution in [1.82, 2.24) is 0 Å². The molecule has 2 atom stereocenters. The minimum atomic E-state index is -1.18. The zero-order chi connectivity index (χ0) is 11.7. The van der Waals surface area contributed by atoms with Crippen LogP contribution >= 0.6 is 0 Å². The summed E-state index contributed by atoms with van der Waals surface area (Å²) in [6.45, 7) is 3.36. The molecule has 0 aromatic heterocycles. The first-order chi connectivity index (χ1) is 7.06. The van der Waals surface area contributed by atoms with Crippen LogP contribution < -0.4 is 0 Å². The first-order valence-corrected chi connectivity index (χ1v) is 5.59. The summed E-state index contributed by atoms with van der Waals surface area (Å²) in [6.07, 6.45) is 3.36. The molecule has 90 valence electrons. The molecule has 0 spiro atoms. The Labute approximate surface area is 91.3 Å². The lowest BCUT2D eigenvalue weighted by atomic mass is 10.1. The van der Waals surface area contributed by atoms with E-state index in [0.29, 0.717) is 6.42 Å². The van der Waals surface area contributed by atoms with E-state index in [4.69, 9.17) is 0 Å². The normalized spacial score (nSPS) is 14.7. The van der Waals surface area contributed by atoms with Gasteiger partial charge in [0.25, 0.3) is 0 Å². The van der Waals surface area contributed by atoms with Gasteiger partial charge in [0.1, 0.15) is 0 Å². The van der Waals surface area contributed by atoms with Crippen molar-refractivity contribution in [2.45, 2.75) is 64.8 Å². The van der Waals surface area contributed by atoms with Gasteiger partial charge < -0.3 is 14.9 Å². The maximum Gasteiger partial charge on any atom is 0.304 e. The van der Waals surface area contributed by atoms with Gasteiger partial charge >= 0.3 is 5.97 Å². The van der Waals surface area contributed by atoms with Gasteiger partial charge in [-0.2, -0.15) is 0 Å². The Balaban J connectivity index is 3.46. The van der Waals surface area contributed by atoms with Crippen LogP contribution in [-0.2, 0) is 9.53 Å². The highest BCUT2D eigenvalue weighted by Gasteiger charge is 2.13. The van der Waals surface area contributed by atoms with Crippen LogP contribution in [0.2, 0.25) is 0 Å². The van der Waals surface area contributed by atoms with Crippen LogP contribution in [0.25, 0.3) is 0 Å². The summed E-state index contributed by atoms with van der Waals surface area (Å²) in [5, 5.41) is 18.7. The average Bonchev–Trinajstić information content (AvgIpc) is 2.10. The molecule has 0 radical (unpaired) electrons. The third-order valence-corrected chi connectivity index (χ3v) is 2.17. The Hall–Kier alpha value is -0.610. The standard InChI is InChI=1S/C11H22O4/c1-3-4-5-6-7-10(13)8-11(14)15-9(2)12/h10-11,13-14H,3-8H2,1-2H3. The molecule has 0 saturated carbocycles. The molecule has 0 aliphatic heterocycles. The van der Waals surface area contributed by atoms with Crippen LogP contribution in [0.5, 0.6) is 0 Å². The number of hydrogen-bond donors (Lipinski definition) is 2. The molecule has 0 aromatic rings. The molecule has 0 aliphatic rings. The van der Waals surface area contributed by atoms with Crippen molar-refractivity contribution in [3.63, 3.8) is 0 Å². The first-order valence-electron chi connectivity index (χ1n) is 5.59. The molecule has 0 rings (SSSR count). The van der Waals surface area contributed by atoms with E-state index in [1.165, 1.54) is 13.3 Å². The number of carbonyl (C=O) groups is 1. The Morgan fingerprint density at radius 3 is 2.47 bits per heavy atom. The highest BCUT2D eigenvalue weighted by Crippen LogP contribution is 2.10. The number of ether oxygens (including phenoxy) is 1. The van der Waals surface area contributed by atoms with Crippen LogP contribution in [0.3, 0.4) is 0 Å². The Kier molecular flexibility index (Phi) is 8.33. The lowest BCUT2D eigenvalue weighted by Crippen LogP contribution is -2.22. The number of aliphatic hydroxyl groups excluding tert-OH is 2. The molecule has 2 N–H and O–H groups in total. The summed E-state index contributed by atoms with van der Waals surface area (Å²) in [5.74, 6) is -0.527. The molecule has 0 aromatic carbocycles. The van der Waals surface area contributed by atoms with E-state index in [1.807, 2.05) is 0 Å². The third-order valence-electron chi connectivity index (χ3n) is 2.17. The van der Waals surface area contributed by atoms with Gasteiger partial charge in [-0.15, -0.1) is 0 Å². The molecule has 0 fully saturated rings. The second-order valence-electron chi connectivity index (χ2n) is 3.80. The average molecular weight is 218 g/mol. The van der Waals surface area contributed by atoms with Crippen molar-refractivity contribution in [3.05, 3.63) is 0 Å². The van der Waals surface area contributed by atoms with E-state index in [0.717, 1.165) is 19.3 Å². The maximum absolute atomic E-state index is 10.5. The highest BCUT2D eigenvalue weighted by atomic mass is 16.6. The van der Waals surface area contributed by atoms with Gasteiger partial charge in [-0.3, -0.25) is 4.79 Å². The number of aliphatic hydroxyl groups is 2. The van der Waals surface area contributed by atoms with Gasteiger partial charge in [0.15, 0.2) is 0 Å². The molecule has 4 nitrogen and oxygen atoms in total. The van der Waals surface area contributed by atoms with Crippen LogP contribution in [0, 0.1) is 0 Å². The number of esters is 1. The lowest BCUT2D eigenvalue weighted by Gasteiger charge is -2.15. The predicted octanol–water partition coefficient (Wildman–Crippen LogP) is 1.59. The van der Waals surface area contributed by atoms with Gasteiger partial charge in [-0.25, -0.2) is 0 Å². The monoisotopic (exact) mass is 218 g/mol. The van der Waals surface area contributed by atoms with E-state index in [9.17, 15) is 15.0 Å². The molecule has 0 bridgehead atoms. The fourth-order valence-corrected chi connectivity index (χ4v) is 1.40. The highest BCUT2D eigenvalue weighted by molar-refractivity contribution is 5.65. The Morgan fingerprint density at radius 2 is 1.93 bits per heavy atom. The minimum absolute atomic E-state index is 0.103. The zero-order valence-corrected chi connectivity index (χ0v) is 9.61. The number of carbonyl (C=O) groups excluding carboxylic acids is 1. The third kappa shape index (κ3) is 9.69. The van der Waals surface area contributed by atoms with E-state index >= 15 is 0 Å². The van der Waals surface area contributed by atoms with Crippen molar-refractivity contribution in [1.29, 1.82) is 0 Å². The summed E-state index contributed by atoms with van der Waals surface area (Å²) in [5.41, 5.74) is 0. The summed E-state index contributed by atoms with van der Waals surface area (Å²) in [7, 11) is 0. The van der Waals surface area contributed by atoms with Crippen LogP contribution in [-0.4, -0.2) is 28.6 Å². The Bertz CT molecular complexity index is 170. The van der Waals surface area contributed by atoms with Crippen molar-refractivity contribution in [2.75, 3.05) is 0 Å². The van der Waals surface area contributed by atoms with Gasteiger partial charge in [0, 0.05) is 13.3 Å². The molecular formula is C11H22O4. The molecule has 2 unspecified atom stereocenters. The quantitative estimate of drug-likeness (QED) is 0.369. The van der Waals surface area contributed by atoms with Crippen molar-refractivity contribution < 1.29 is 19.7 Å². The fourth-order valence-electron chi connectivity index (χ4n) is 1.40. The fraction of sp³-hybridized carbons (Fsp3) is 0.909. The predicted molar refractivity (Wildman–Crippen MR) is 57.2 cm³/mol. The molecular weight excluding hydrogens is 196 g/mol. The van der Waals surface area contributed by atoms with E-state index in [2.05, 4.69) is 11.7 Å².